The van der Waals surface area contributed by atoms with Crippen LogP contribution in [0.5, 0.6) is 5.75 Å². The summed E-state index contributed by atoms with van der Waals surface area (Å²) in [6.45, 7) is 4.53. The molecule has 1 aromatic heterocycles. The van der Waals surface area contributed by atoms with E-state index in [-0.39, 0.29) is 17.3 Å². The summed E-state index contributed by atoms with van der Waals surface area (Å²) in [5.41, 5.74) is 0.720. The number of amides is 1. The third-order valence-electron chi connectivity index (χ3n) is 6.95. The van der Waals surface area contributed by atoms with Crippen LogP contribution in [-0.4, -0.2) is 87.6 Å². The highest BCUT2D eigenvalue weighted by molar-refractivity contribution is 7.89. The van der Waals surface area contributed by atoms with E-state index >= 15 is 0 Å². The molecule has 38 heavy (non-hydrogen) atoms. The van der Waals surface area contributed by atoms with Gasteiger partial charge in [0, 0.05) is 38.8 Å². The molecule has 3 heterocycles. The van der Waals surface area contributed by atoms with Crippen LogP contribution in [0.25, 0.3) is 10.2 Å². The van der Waals surface area contributed by atoms with Crippen LogP contribution < -0.4 is 9.64 Å². The number of hydrogen-bond donors (Lipinski definition) is 0. The summed E-state index contributed by atoms with van der Waals surface area (Å²) >= 11 is 1.40. The number of anilines is 1. The van der Waals surface area contributed by atoms with Gasteiger partial charge in [0.15, 0.2) is 5.13 Å². The van der Waals surface area contributed by atoms with Crippen LogP contribution in [0, 0.1) is 5.82 Å². The summed E-state index contributed by atoms with van der Waals surface area (Å²) in [4.78, 5) is 22.7. The number of morpholine rings is 1. The number of thiazole rings is 1. The second-order valence-corrected chi connectivity index (χ2v) is 12.3. The van der Waals surface area contributed by atoms with Crippen LogP contribution in [0.2, 0.25) is 0 Å². The summed E-state index contributed by atoms with van der Waals surface area (Å²) in [5.74, 6) is -0.134. The molecule has 0 N–H and O–H groups in total. The highest BCUT2D eigenvalue weighted by Gasteiger charge is 2.42. The van der Waals surface area contributed by atoms with E-state index in [1.807, 2.05) is 18.2 Å². The Bertz CT molecular complexity index is 1380. The van der Waals surface area contributed by atoms with Crippen LogP contribution in [-0.2, 0) is 19.6 Å². The molecule has 0 spiro atoms. The van der Waals surface area contributed by atoms with Gasteiger partial charge in [-0.3, -0.25) is 14.6 Å². The Labute approximate surface area is 225 Å². The Morgan fingerprint density at radius 1 is 1.18 bits per heavy atom. The molecule has 1 atom stereocenters. The molecule has 12 heteroatoms. The summed E-state index contributed by atoms with van der Waals surface area (Å²) in [6, 6.07) is 9.45. The lowest BCUT2D eigenvalue weighted by Crippen LogP contribution is -2.48. The molecule has 9 nitrogen and oxygen atoms in total. The standard InChI is InChI=1S/C26H31FN4O5S2/c1-35-20-7-10-24-22(18-20)28-26(37-24)30(12-3-11-29-14-16-36-17-15-29)25(32)23-4-2-13-31(23)38(33,34)21-8-5-19(27)6-9-21/h5-10,18,23H,2-4,11-17H2,1H3. The lowest BCUT2D eigenvalue weighted by atomic mass is 10.2. The third kappa shape index (κ3) is 5.69. The molecular weight excluding hydrogens is 531 g/mol. The van der Waals surface area contributed by atoms with Crippen molar-refractivity contribution < 1.29 is 27.1 Å². The molecule has 0 bridgehead atoms. The van der Waals surface area contributed by atoms with Crippen LogP contribution in [0.3, 0.4) is 0 Å². The van der Waals surface area contributed by atoms with Crippen molar-refractivity contribution in [3.05, 3.63) is 48.3 Å². The van der Waals surface area contributed by atoms with Gasteiger partial charge < -0.3 is 9.47 Å². The quantitative estimate of drug-likeness (QED) is 0.395. The number of rotatable bonds is 9. The van der Waals surface area contributed by atoms with Crippen molar-refractivity contribution in [2.45, 2.75) is 30.2 Å². The molecule has 0 aliphatic carbocycles. The maximum atomic E-state index is 14.0. The van der Waals surface area contributed by atoms with Gasteiger partial charge in [-0.1, -0.05) is 11.3 Å². The fourth-order valence-corrected chi connectivity index (χ4v) is 7.54. The molecule has 5 rings (SSSR count). The number of benzene rings is 2. The second kappa shape index (κ2) is 11.6. The largest absolute Gasteiger partial charge is 0.497 e. The topological polar surface area (TPSA) is 92.3 Å². The van der Waals surface area contributed by atoms with E-state index in [1.54, 1.807) is 12.0 Å². The van der Waals surface area contributed by atoms with Crippen molar-refractivity contribution >= 4 is 42.6 Å². The van der Waals surface area contributed by atoms with E-state index in [2.05, 4.69) is 4.90 Å². The van der Waals surface area contributed by atoms with Gasteiger partial charge in [-0.2, -0.15) is 4.31 Å². The predicted molar refractivity (Wildman–Crippen MR) is 144 cm³/mol. The number of hydrogen-bond acceptors (Lipinski definition) is 8. The van der Waals surface area contributed by atoms with Gasteiger partial charge in [0.1, 0.15) is 17.6 Å². The van der Waals surface area contributed by atoms with Gasteiger partial charge in [0.05, 0.1) is 35.4 Å². The fraction of sp³-hybridized carbons (Fsp3) is 0.462. The van der Waals surface area contributed by atoms with Gasteiger partial charge in [0.25, 0.3) is 0 Å². The number of aromatic nitrogens is 1. The molecule has 1 amide bonds. The van der Waals surface area contributed by atoms with Gasteiger partial charge in [-0.15, -0.1) is 0 Å². The van der Waals surface area contributed by atoms with Gasteiger partial charge in [-0.05, 0) is 55.7 Å². The van der Waals surface area contributed by atoms with Gasteiger partial charge >= 0.3 is 0 Å². The highest BCUT2D eigenvalue weighted by Crippen LogP contribution is 2.34. The van der Waals surface area contributed by atoms with Crippen molar-refractivity contribution in [2.24, 2.45) is 0 Å². The van der Waals surface area contributed by atoms with E-state index < -0.39 is 21.9 Å². The van der Waals surface area contributed by atoms with Crippen molar-refractivity contribution in [1.29, 1.82) is 0 Å². The first-order chi connectivity index (χ1) is 18.4. The summed E-state index contributed by atoms with van der Waals surface area (Å²) < 4.78 is 53.3. The minimum absolute atomic E-state index is 0.0236. The number of methoxy groups -OCH3 is 1. The molecule has 2 saturated heterocycles. The molecule has 2 fully saturated rings. The Morgan fingerprint density at radius 3 is 2.68 bits per heavy atom. The van der Waals surface area contributed by atoms with Gasteiger partial charge in [-0.25, -0.2) is 17.8 Å². The van der Waals surface area contributed by atoms with Crippen LogP contribution in [0.1, 0.15) is 19.3 Å². The third-order valence-corrected chi connectivity index (χ3v) is 9.93. The maximum Gasteiger partial charge on any atom is 0.247 e. The molecule has 2 aliphatic heterocycles. The lowest BCUT2D eigenvalue weighted by molar-refractivity contribution is -0.121. The molecule has 2 aliphatic rings. The Balaban J connectivity index is 1.42. The number of carbonyl (C=O) groups is 1. The molecule has 0 saturated carbocycles. The fourth-order valence-electron chi connectivity index (χ4n) is 4.91. The minimum Gasteiger partial charge on any atom is -0.497 e. The molecule has 0 radical (unpaired) electrons. The average Bonchev–Trinajstić information content (AvgIpc) is 3.59. The summed E-state index contributed by atoms with van der Waals surface area (Å²) in [5, 5.41) is 0.534. The zero-order valence-corrected chi connectivity index (χ0v) is 22.8. The first kappa shape index (κ1) is 26.9. The number of halogens is 1. The van der Waals surface area contributed by atoms with E-state index in [1.165, 1.54) is 27.8 Å². The Kier molecular flexibility index (Phi) is 8.24. The normalized spacial score (nSPS) is 19.2. The van der Waals surface area contributed by atoms with Crippen molar-refractivity contribution in [3.8, 4) is 5.75 Å². The van der Waals surface area contributed by atoms with E-state index in [9.17, 15) is 17.6 Å². The predicted octanol–water partition coefficient (Wildman–Crippen LogP) is 3.35. The van der Waals surface area contributed by atoms with Crippen LogP contribution in [0.4, 0.5) is 9.52 Å². The molecule has 3 aromatic rings. The number of fused-ring (bicyclic) bond motifs is 1. The lowest BCUT2D eigenvalue weighted by Gasteiger charge is -2.30. The average molecular weight is 563 g/mol. The summed E-state index contributed by atoms with van der Waals surface area (Å²) in [7, 11) is -2.38. The summed E-state index contributed by atoms with van der Waals surface area (Å²) in [6.07, 6.45) is 1.69. The monoisotopic (exact) mass is 562 g/mol. The zero-order chi connectivity index (χ0) is 26.7. The smallest absolute Gasteiger partial charge is 0.247 e. The second-order valence-electron chi connectivity index (χ2n) is 9.36. The first-order valence-corrected chi connectivity index (χ1v) is 15.0. The zero-order valence-electron chi connectivity index (χ0n) is 21.2. The van der Waals surface area contributed by atoms with E-state index in [0.717, 1.165) is 42.0 Å². The van der Waals surface area contributed by atoms with Crippen molar-refractivity contribution in [1.82, 2.24) is 14.2 Å². The molecule has 2 aromatic carbocycles. The maximum absolute atomic E-state index is 14.0. The molecular formula is C26H31FN4O5S2. The number of sulfonamides is 1. The molecule has 204 valence electrons. The number of ether oxygens (including phenoxy) is 2. The van der Waals surface area contributed by atoms with Crippen LogP contribution in [0.15, 0.2) is 47.4 Å². The van der Waals surface area contributed by atoms with Gasteiger partial charge in [0.2, 0.25) is 15.9 Å². The first-order valence-electron chi connectivity index (χ1n) is 12.7. The van der Waals surface area contributed by atoms with Crippen LogP contribution >= 0.6 is 11.3 Å². The van der Waals surface area contributed by atoms with E-state index in [0.29, 0.717) is 49.9 Å². The SMILES string of the molecule is COc1ccc2sc(N(CCCN3CCOCC3)C(=O)C3CCCN3S(=O)(=O)c3ccc(F)cc3)nc2c1. The van der Waals surface area contributed by atoms with E-state index in [4.69, 9.17) is 14.5 Å². The van der Waals surface area contributed by atoms with Crippen molar-refractivity contribution in [2.75, 3.05) is 57.9 Å². The Hall–Kier alpha value is -2.64. The number of carbonyl (C=O) groups excluding carboxylic acids is 1. The minimum atomic E-state index is -3.97. The van der Waals surface area contributed by atoms with Crippen molar-refractivity contribution in [3.63, 3.8) is 0 Å². The Morgan fingerprint density at radius 2 is 1.95 bits per heavy atom. The number of nitrogens with zero attached hydrogens (tertiary/aromatic N) is 4. The highest BCUT2D eigenvalue weighted by atomic mass is 32.2. The molecule has 1 unspecified atom stereocenters.